The SMILES string of the molecule is CCNC(=NCc1cccc(CN2CCCC2=O)c1)N1CCC(C(=O)OCC)CC1.I. The molecule has 7 nitrogen and oxygen atoms in total. The molecule has 2 aliphatic rings. The first-order valence-corrected chi connectivity index (χ1v) is 11.2. The molecule has 0 bridgehead atoms. The maximum atomic E-state index is 12.0. The maximum Gasteiger partial charge on any atom is 0.309 e. The van der Waals surface area contributed by atoms with E-state index in [2.05, 4.69) is 35.3 Å². The number of carbonyl (C=O) groups excluding carboxylic acids is 2. The summed E-state index contributed by atoms with van der Waals surface area (Å²) in [4.78, 5) is 32.9. The summed E-state index contributed by atoms with van der Waals surface area (Å²) in [6.07, 6.45) is 3.22. The molecule has 1 aromatic carbocycles. The molecule has 0 saturated carbocycles. The first-order chi connectivity index (χ1) is 14.6. The Hall–Kier alpha value is -1.84. The lowest BCUT2D eigenvalue weighted by Crippen LogP contribution is -2.46. The summed E-state index contributed by atoms with van der Waals surface area (Å²) in [7, 11) is 0. The van der Waals surface area contributed by atoms with Crippen molar-refractivity contribution in [2.75, 3.05) is 32.8 Å². The Labute approximate surface area is 202 Å². The summed E-state index contributed by atoms with van der Waals surface area (Å²) in [6, 6.07) is 8.34. The van der Waals surface area contributed by atoms with Gasteiger partial charge < -0.3 is 19.9 Å². The quantitative estimate of drug-likeness (QED) is 0.248. The van der Waals surface area contributed by atoms with Gasteiger partial charge in [-0.1, -0.05) is 24.3 Å². The first kappa shape index (κ1) is 25.4. The second-order valence-electron chi connectivity index (χ2n) is 7.92. The van der Waals surface area contributed by atoms with Crippen LogP contribution in [0.1, 0.15) is 50.7 Å². The van der Waals surface area contributed by atoms with Crippen molar-refractivity contribution in [3.63, 3.8) is 0 Å². The number of guanidine groups is 1. The van der Waals surface area contributed by atoms with Gasteiger partial charge in [-0.05, 0) is 44.2 Å². The van der Waals surface area contributed by atoms with Crippen LogP contribution in [-0.4, -0.2) is 60.4 Å². The van der Waals surface area contributed by atoms with E-state index in [4.69, 9.17) is 9.73 Å². The van der Waals surface area contributed by atoms with Crippen LogP contribution in [0.25, 0.3) is 0 Å². The normalized spacial score (nSPS) is 17.5. The van der Waals surface area contributed by atoms with Crippen molar-refractivity contribution < 1.29 is 14.3 Å². The zero-order chi connectivity index (χ0) is 21.3. The van der Waals surface area contributed by atoms with E-state index in [-0.39, 0.29) is 41.8 Å². The Bertz CT molecular complexity index is 763. The standard InChI is InChI=1S/C23H34N4O3.HI/c1-3-24-23(26-13-10-20(11-14-26)22(29)30-4-2)25-16-18-7-5-8-19(15-18)17-27-12-6-9-21(27)28;/h5,7-8,15,20H,3-4,6,9-14,16-17H2,1-2H3,(H,24,25);1H. The van der Waals surface area contributed by atoms with E-state index >= 15 is 0 Å². The molecule has 172 valence electrons. The van der Waals surface area contributed by atoms with Gasteiger partial charge in [0.25, 0.3) is 0 Å². The first-order valence-electron chi connectivity index (χ1n) is 11.2. The Balaban J connectivity index is 0.00000341. The number of nitrogens with one attached hydrogen (secondary N) is 1. The van der Waals surface area contributed by atoms with Gasteiger partial charge >= 0.3 is 5.97 Å². The predicted molar refractivity (Wildman–Crippen MR) is 132 cm³/mol. The van der Waals surface area contributed by atoms with Crippen LogP contribution in [0, 0.1) is 5.92 Å². The molecule has 3 rings (SSSR count). The highest BCUT2D eigenvalue weighted by Gasteiger charge is 2.27. The van der Waals surface area contributed by atoms with Crippen LogP contribution in [0.15, 0.2) is 29.3 Å². The Kier molecular flexibility index (Phi) is 10.6. The highest BCUT2D eigenvalue weighted by atomic mass is 127. The van der Waals surface area contributed by atoms with Crippen LogP contribution in [0.3, 0.4) is 0 Å². The summed E-state index contributed by atoms with van der Waals surface area (Å²) < 4.78 is 5.17. The molecule has 1 N–H and O–H groups in total. The summed E-state index contributed by atoms with van der Waals surface area (Å²) >= 11 is 0. The molecule has 31 heavy (non-hydrogen) atoms. The molecule has 0 aromatic heterocycles. The third-order valence-corrected chi connectivity index (χ3v) is 5.70. The van der Waals surface area contributed by atoms with Crippen molar-refractivity contribution in [2.45, 2.75) is 52.6 Å². The number of nitrogens with zero attached hydrogens (tertiary/aromatic N) is 3. The maximum absolute atomic E-state index is 12.0. The number of amides is 1. The van der Waals surface area contributed by atoms with Crippen molar-refractivity contribution >= 4 is 41.8 Å². The molecule has 0 spiro atoms. The van der Waals surface area contributed by atoms with Crippen molar-refractivity contribution in [1.82, 2.24) is 15.1 Å². The Morgan fingerprint density at radius 2 is 1.94 bits per heavy atom. The highest BCUT2D eigenvalue weighted by Crippen LogP contribution is 2.19. The molecule has 2 fully saturated rings. The van der Waals surface area contributed by atoms with Gasteiger partial charge in [-0.2, -0.15) is 0 Å². The summed E-state index contributed by atoms with van der Waals surface area (Å²) in [5.41, 5.74) is 2.29. The number of benzene rings is 1. The number of piperidine rings is 1. The number of halogens is 1. The van der Waals surface area contributed by atoms with Crippen LogP contribution in [-0.2, 0) is 27.4 Å². The molecular weight excluding hydrogens is 507 g/mol. The fourth-order valence-electron chi connectivity index (χ4n) is 4.10. The average molecular weight is 542 g/mol. The van der Waals surface area contributed by atoms with E-state index in [1.807, 2.05) is 17.9 Å². The second kappa shape index (κ2) is 12.9. The lowest BCUT2D eigenvalue weighted by atomic mass is 9.97. The molecule has 2 aliphatic heterocycles. The van der Waals surface area contributed by atoms with Gasteiger partial charge in [-0.25, -0.2) is 4.99 Å². The highest BCUT2D eigenvalue weighted by molar-refractivity contribution is 14.0. The number of rotatable bonds is 7. The van der Waals surface area contributed by atoms with Crippen LogP contribution in [0.4, 0.5) is 0 Å². The van der Waals surface area contributed by atoms with Gasteiger partial charge in [0.1, 0.15) is 0 Å². The molecule has 0 aliphatic carbocycles. The molecule has 2 heterocycles. The minimum atomic E-state index is -0.0765. The lowest BCUT2D eigenvalue weighted by Gasteiger charge is -2.33. The molecule has 0 unspecified atom stereocenters. The lowest BCUT2D eigenvalue weighted by molar-refractivity contribution is -0.149. The van der Waals surface area contributed by atoms with Crippen LogP contribution in [0.2, 0.25) is 0 Å². The van der Waals surface area contributed by atoms with Gasteiger partial charge in [0.2, 0.25) is 5.91 Å². The number of hydrogen-bond donors (Lipinski definition) is 1. The molecule has 8 heteroatoms. The van der Waals surface area contributed by atoms with Gasteiger partial charge in [-0.15, -0.1) is 24.0 Å². The largest absolute Gasteiger partial charge is 0.466 e. The molecule has 0 radical (unpaired) electrons. The van der Waals surface area contributed by atoms with Crippen molar-refractivity contribution in [3.8, 4) is 0 Å². The monoisotopic (exact) mass is 542 g/mol. The van der Waals surface area contributed by atoms with Crippen LogP contribution in [0.5, 0.6) is 0 Å². The van der Waals surface area contributed by atoms with Crippen LogP contribution >= 0.6 is 24.0 Å². The number of likely N-dealkylation sites (tertiary alicyclic amines) is 2. The number of esters is 1. The fraction of sp³-hybridized carbons (Fsp3) is 0.609. The average Bonchev–Trinajstić information content (AvgIpc) is 3.16. The van der Waals surface area contributed by atoms with E-state index in [0.717, 1.165) is 62.5 Å². The Morgan fingerprint density at radius 3 is 2.58 bits per heavy atom. The Morgan fingerprint density at radius 1 is 1.19 bits per heavy atom. The predicted octanol–water partition coefficient (Wildman–Crippen LogP) is 3.17. The van der Waals surface area contributed by atoms with Crippen molar-refractivity contribution in [3.05, 3.63) is 35.4 Å². The third kappa shape index (κ3) is 7.36. The number of carbonyl (C=O) groups is 2. The molecule has 2 saturated heterocycles. The minimum Gasteiger partial charge on any atom is -0.466 e. The van der Waals surface area contributed by atoms with E-state index in [0.29, 0.717) is 26.1 Å². The summed E-state index contributed by atoms with van der Waals surface area (Å²) in [5.74, 6) is 1.06. The number of ether oxygens (including phenoxy) is 1. The molecular formula is C23H35IN4O3. The zero-order valence-electron chi connectivity index (χ0n) is 18.6. The zero-order valence-corrected chi connectivity index (χ0v) is 21.0. The number of aliphatic imine (C=N–C) groups is 1. The minimum absolute atomic E-state index is 0. The number of hydrogen-bond acceptors (Lipinski definition) is 4. The summed E-state index contributed by atoms with van der Waals surface area (Å²) in [6.45, 7) is 8.86. The topological polar surface area (TPSA) is 74.2 Å². The van der Waals surface area contributed by atoms with E-state index < -0.39 is 0 Å². The van der Waals surface area contributed by atoms with Crippen molar-refractivity contribution in [1.29, 1.82) is 0 Å². The van der Waals surface area contributed by atoms with E-state index in [1.54, 1.807) is 0 Å². The van der Waals surface area contributed by atoms with E-state index in [1.165, 1.54) is 0 Å². The van der Waals surface area contributed by atoms with Gasteiger partial charge in [0.05, 0.1) is 19.1 Å². The molecule has 1 aromatic rings. The van der Waals surface area contributed by atoms with Crippen molar-refractivity contribution in [2.24, 2.45) is 10.9 Å². The molecule has 1 amide bonds. The fourth-order valence-corrected chi connectivity index (χ4v) is 4.10. The van der Waals surface area contributed by atoms with E-state index in [9.17, 15) is 9.59 Å². The second-order valence-corrected chi connectivity index (χ2v) is 7.92. The smallest absolute Gasteiger partial charge is 0.309 e. The van der Waals surface area contributed by atoms with Crippen LogP contribution < -0.4 is 5.32 Å². The molecule has 0 atom stereocenters. The van der Waals surface area contributed by atoms with Gasteiger partial charge in [0, 0.05) is 39.1 Å². The van der Waals surface area contributed by atoms with Gasteiger partial charge in [0.15, 0.2) is 5.96 Å². The summed E-state index contributed by atoms with van der Waals surface area (Å²) in [5, 5.41) is 3.38. The third-order valence-electron chi connectivity index (χ3n) is 5.70. The van der Waals surface area contributed by atoms with Gasteiger partial charge in [-0.3, -0.25) is 9.59 Å².